The first-order valence-electron chi connectivity index (χ1n) is 3.53. The lowest BCUT2D eigenvalue weighted by molar-refractivity contribution is 1.10. The van der Waals surface area contributed by atoms with Gasteiger partial charge in [-0.25, -0.2) is 0 Å². The van der Waals surface area contributed by atoms with Crippen molar-refractivity contribution in [2.75, 3.05) is 0 Å². The van der Waals surface area contributed by atoms with E-state index in [0.717, 1.165) is 12.1 Å². The maximum Gasteiger partial charge on any atom is 0.181 e. The van der Waals surface area contributed by atoms with E-state index >= 15 is 0 Å². The fourth-order valence-electron chi connectivity index (χ4n) is 0.886. The van der Waals surface area contributed by atoms with Crippen molar-refractivity contribution in [2.24, 2.45) is 0 Å². The van der Waals surface area contributed by atoms with Crippen LogP contribution in [0.4, 0.5) is 0 Å². The Kier molecular flexibility index (Phi) is 2.51. The molecule has 0 spiro atoms. The summed E-state index contributed by atoms with van der Waals surface area (Å²) in [5.41, 5.74) is 2.11. The first-order chi connectivity index (χ1) is 5.33. The molecule has 1 rings (SSSR count). The minimum atomic E-state index is 0.876. The van der Waals surface area contributed by atoms with Gasteiger partial charge in [0.1, 0.15) is 0 Å². The molecule has 56 valence electrons. The standard InChI is InChI=1S/C9H10N2/c1-8-3-2-4-9(6-5-8)11-7-10/h3-6,11H,2H2,1H3. The number of nitrogens with one attached hydrogen (secondary N) is 1. The fraction of sp³-hybridized carbons (Fsp3) is 0.222. The zero-order valence-electron chi connectivity index (χ0n) is 6.46. The molecule has 0 aromatic carbocycles. The molecule has 1 aliphatic carbocycles. The van der Waals surface area contributed by atoms with E-state index < -0.39 is 0 Å². The summed E-state index contributed by atoms with van der Waals surface area (Å²) in [6, 6.07) is 0. The summed E-state index contributed by atoms with van der Waals surface area (Å²) < 4.78 is 0. The van der Waals surface area contributed by atoms with Crippen molar-refractivity contribution in [3.63, 3.8) is 0 Å². The van der Waals surface area contributed by atoms with Gasteiger partial charge in [0.25, 0.3) is 0 Å². The number of nitrogens with zero attached hydrogens (tertiary/aromatic N) is 1. The molecule has 0 aromatic heterocycles. The van der Waals surface area contributed by atoms with Gasteiger partial charge in [-0.15, -0.1) is 0 Å². The van der Waals surface area contributed by atoms with E-state index in [2.05, 4.69) is 11.4 Å². The minimum absolute atomic E-state index is 0.876. The van der Waals surface area contributed by atoms with Gasteiger partial charge in [-0.05, 0) is 19.4 Å². The number of nitriles is 1. The van der Waals surface area contributed by atoms with Crippen LogP contribution in [0.3, 0.4) is 0 Å². The quantitative estimate of drug-likeness (QED) is 0.452. The Morgan fingerprint density at radius 2 is 2.27 bits per heavy atom. The summed E-state index contributed by atoms with van der Waals surface area (Å²) in [7, 11) is 0. The van der Waals surface area contributed by atoms with Gasteiger partial charge in [0.05, 0.1) is 0 Å². The SMILES string of the molecule is CC1=CCC=C(NC#N)C=C1. The second-order valence-electron chi connectivity index (χ2n) is 2.41. The van der Waals surface area contributed by atoms with E-state index in [1.165, 1.54) is 5.57 Å². The van der Waals surface area contributed by atoms with Gasteiger partial charge >= 0.3 is 0 Å². The van der Waals surface area contributed by atoms with Crippen molar-refractivity contribution < 1.29 is 0 Å². The largest absolute Gasteiger partial charge is 0.293 e. The van der Waals surface area contributed by atoms with Gasteiger partial charge in [-0.1, -0.05) is 23.8 Å². The van der Waals surface area contributed by atoms with Gasteiger partial charge in [-0.2, -0.15) is 5.26 Å². The molecule has 1 N–H and O–H groups in total. The van der Waals surface area contributed by atoms with Crippen LogP contribution in [0, 0.1) is 11.5 Å². The molecule has 0 fully saturated rings. The van der Waals surface area contributed by atoms with E-state index in [9.17, 15) is 0 Å². The van der Waals surface area contributed by atoms with Crippen LogP contribution in [0.15, 0.2) is 35.6 Å². The Labute approximate surface area is 66.5 Å². The van der Waals surface area contributed by atoms with Crippen molar-refractivity contribution in [2.45, 2.75) is 13.3 Å². The molecule has 0 aromatic rings. The van der Waals surface area contributed by atoms with Crippen LogP contribution in [0.1, 0.15) is 13.3 Å². The summed E-state index contributed by atoms with van der Waals surface area (Å²) >= 11 is 0. The molecule has 0 amide bonds. The predicted molar refractivity (Wildman–Crippen MR) is 44.3 cm³/mol. The third-order valence-corrected chi connectivity index (χ3v) is 1.50. The van der Waals surface area contributed by atoms with E-state index in [4.69, 9.17) is 5.26 Å². The first kappa shape index (κ1) is 7.62. The number of allylic oxidation sites excluding steroid dienone is 5. The van der Waals surface area contributed by atoms with Crippen molar-refractivity contribution in [3.8, 4) is 6.19 Å². The lowest BCUT2D eigenvalue weighted by atomic mass is 10.2. The van der Waals surface area contributed by atoms with Crippen molar-refractivity contribution in [3.05, 3.63) is 35.6 Å². The third kappa shape index (κ3) is 2.30. The van der Waals surface area contributed by atoms with Crippen LogP contribution in [0.25, 0.3) is 0 Å². The molecule has 2 heteroatoms. The summed E-state index contributed by atoms with van der Waals surface area (Å²) in [5, 5.41) is 10.9. The van der Waals surface area contributed by atoms with Crippen LogP contribution in [-0.4, -0.2) is 0 Å². The Balaban J connectivity index is 2.68. The molecule has 0 heterocycles. The van der Waals surface area contributed by atoms with Crippen LogP contribution in [-0.2, 0) is 0 Å². The lowest BCUT2D eigenvalue weighted by Crippen LogP contribution is -2.01. The summed E-state index contributed by atoms with van der Waals surface area (Å²) in [6.45, 7) is 2.04. The van der Waals surface area contributed by atoms with Gasteiger partial charge < -0.3 is 0 Å². The maximum absolute atomic E-state index is 8.32. The summed E-state index contributed by atoms with van der Waals surface area (Å²) in [6.07, 6.45) is 10.8. The third-order valence-electron chi connectivity index (χ3n) is 1.50. The van der Waals surface area contributed by atoms with Crippen molar-refractivity contribution in [1.82, 2.24) is 5.32 Å². The Morgan fingerprint density at radius 1 is 1.45 bits per heavy atom. The van der Waals surface area contributed by atoms with E-state index in [1.54, 1.807) is 0 Å². The van der Waals surface area contributed by atoms with E-state index in [1.807, 2.05) is 31.3 Å². The Bertz CT molecular complexity index is 264. The monoisotopic (exact) mass is 146 g/mol. The molecule has 0 bridgehead atoms. The highest BCUT2D eigenvalue weighted by atomic mass is 14.9. The topological polar surface area (TPSA) is 35.8 Å². The molecule has 0 atom stereocenters. The predicted octanol–water partition coefficient (Wildman–Crippen LogP) is 1.85. The van der Waals surface area contributed by atoms with Crippen molar-refractivity contribution >= 4 is 0 Å². The molecular formula is C9H10N2. The molecule has 1 aliphatic rings. The molecule has 0 radical (unpaired) electrons. The van der Waals surface area contributed by atoms with Gasteiger partial charge in [-0.3, -0.25) is 5.32 Å². The van der Waals surface area contributed by atoms with Gasteiger partial charge in [0, 0.05) is 5.70 Å². The molecule has 0 saturated heterocycles. The molecule has 0 aliphatic heterocycles. The highest BCUT2D eigenvalue weighted by Crippen LogP contribution is 2.06. The molecule has 0 unspecified atom stereocenters. The number of hydrogen-bond acceptors (Lipinski definition) is 2. The van der Waals surface area contributed by atoms with Crippen LogP contribution in [0.2, 0.25) is 0 Å². The minimum Gasteiger partial charge on any atom is -0.293 e. The van der Waals surface area contributed by atoms with Crippen molar-refractivity contribution in [1.29, 1.82) is 5.26 Å². The highest BCUT2D eigenvalue weighted by molar-refractivity contribution is 5.30. The number of rotatable bonds is 1. The average Bonchev–Trinajstić information content (AvgIpc) is 2.17. The molecule has 0 saturated carbocycles. The first-order valence-corrected chi connectivity index (χ1v) is 3.53. The number of hydrogen-bond donors (Lipinski definition) is 1. The van der Waals surface area contributed by atoms with Crippen LogP contribution >= 0.6 is 0 Å². The molecular weight excluding hydrogens is 136 g/mol. The smallest absolute Gasteiger partial charge is 0.181 e. The second-order valence-corrected chi connectivity index (χ2v) is 2.41. The Hall–Kier alpha value is -1.49. The maximum atomic E-state index is 8.32. The second kappa shape index (κ2) is 3.62. The highest BCUT2D eigenvalue weighted by Gasteiger charge is 1.92. The Morgan fingerprint density at radius 3 is 3.00 bits per heavy atom. The molecule has 11 heavy (non-hydrogen) atoms. The van der Waals surface area contributed by atoms with Crippen LogP contribution < -0.4 is 5.32 Å². The van der Waals surface area contributed by atoms with E-state index in [0.29, 0.717) is 0 Å². The summed E-state index contributed by atoms with van der Waals surface area (Å²) in [5.74, 6) is 0. The zero-order valence-corrected chi connectivity index (χ0v) is 6.46. The average molecular weight is 146 g/mol. The normalized spacial score (nSPS) is 16.0. The van der Waals surface area contributed by atoms with E-state index in [-0.39, 0.29) is 0 Å². The fourth-order valence-corrected chi connectivity index (χ4v) is 0.886. The molecule has 2 nitrogen and oxygen atoms in total. The zero-order chi connectivity index (χ0) is 8.10. The summed E-state index contributed by atoms with van der Waals surface area (Å²) in [4.78, 5) is 0. The van der Waals surface area contributed by atoms with Gasteiger partial charge in [0.15, 0.2) is 6.19 Å². The van der Waals surface area contributed by atoms with Crippen LogP contribution in [0.5, 0.6) is 0 Å². The van der Waals surface area contributed by atoms with Gasteiger partial charge in [0.2, 0.25) is 0 Å². The lowest BCUT2D eigenvalue weighted by Gasteiger charge is -1.92.